The molecule has 0 aliphatic heterocycles. The predicted octanol–water partition coefficient (Wildman–Crippen LogP) is 1.93. The highest BCUT2D eigenvalue weighted by molar-refractivity contribution is 5.87. The highest BCUT2D eigenvalue weighted by Crippen LogP contribution is 2.24. The van der Waals surface area contributed by atoms with Crippen molar-refractivity contribution in [2.45, 2.75) is 6.92 Å². The van der Waals surface area contributed by atoms with Gasteiger partial charge in [0.1, 0.15) is 11.2 Å². The van der Waals surface area contributed by atoms with Gasteiger partial charge in [0.05, 0.1) is 0 Å². The Hall–Kier alpha value is -1.78. The average Bonchev–Trinajstić information content (AvgIpc) is 2.54. The molecule has 0 aliphatic rings. The maximum absolute atomic E-state index is 10.3. The van der Waals surface area contributed by atoms with E-state index in [9.17, 15) is 4.91 Å². The summed E-state index contributed by atoms with van der Waals surface area (Å²) in [6.07, 6.45) is 0. The Bertz CT molecular complexity index is 435. The molecule has 12 heavy (non-hydrogen) atoms. The molecule has 60 valence electrons. The van der Waals surface area contributed by atoms with E-state index in [-0.39, 0.29) is 5.69 Å². The molecule has 0 fully saturated rings. The molecule has 1 aromatic heterocycles. The molecule has 0 radical (unpaired) electrons. The van der Waals surface area contributed by atoms with Crippen molar-refractivity contribution >= 4 is 16.7 Å². The largest absolute Gasteiger partial charge is 0.243 e. The van der Waals surface area contributed by atoms with E-state index in [1.165, 1.54) is 0 Å². The summed E-state index contributed by atoms with van der Waals surface area (Å²) in [7, 11) is 0. The lowest BCUT2D eigenvalue weighted by Gasteiger charge is -1.91. The molecule has 0 aliphatic carbocycles. The maximum atomic E-state index is 10.3. The lowest BCUT2D eigenvalue weighted by atomic mass is 10.2. The van der Waals surface area contributed by atoms with Gasteiger partial charge in [0.25, 0.3) is 0 Å². The Balaban J connectivity index is 2.91. The maximum Gasteiger partial charge on any atom is 0.164 e. The van der Waals surface area contributed by atoms with Crippen molar-refractivity contribution < 1.29 is 4.63 Å². The molecule has 2 rings (SSSR count). The molecule has 1 heterocycles. The highest BCUT2D eigenvalue weighted by Gasteiger charge is 2.08. The Morgan fingerprint density at radius 2 is 2.08 bits per heavy atom. The van der Waals surface area contributed by atoms with E-state index in [2.05, 4.69) is 20.1 Å². The van der Waals surface area contributed by atoms with Crippen molar-refractivity contribution in [3.05, 3.63) is 22.6 Å². The van der Waals surface area contributed by atoms with E-state index >= 15 is 0 Å². The molecule has 0 saturated carbocycles. The lowest BCUT2D eigenvalue weighted by Crippen LogP contribution is -1.76. The molecular formula is C7H5N3O2. The molecule has 0 atom stereocenters. The van der Waals surface area contributed by atoms with Crippen LogP contribution in [0.4, 0.5) is 5.69 Å². The topological polar surface area (TPSA) is 68.3 Å². The molecule has 0 unspecified atom stereocenters. The molecule has 1 aromatic carbocycles. The van der Waals surface area contributed by atoms with Crippen LogP contribution in [0, 0.1) is 11.8 Å². The molecule has 0 amide bonds. The SMILES string of the molecule is Cc1ccc(N=O)c2nonc12. The van der Waals surface area contributed by atoms with Crippen LogP contribution < -0.4 is 0 Å². The number of nitroso groups, excluding NO2 is 1. The normalized spacial score (nSPS) is 10.4. The third kappa shape index (κ3) is 0.795. The predicted molar refractivity (Wildman–Crippen MR) is 42.0 cm³/mol. The molecule has 5 heteroatoms. The fourth-order valence-electron chi connectivity index (χ4n) is 1.05. The van der Waals surface area contributed by atoms with Crippen molar-refractivity contribution in [1.82, 2.24) is 10.3 Å². The van der Waals surface area contributed by atoms with Gasteiger partial charge in [0.15, 0.2) is 5.52 Å². The minimum atomic E-state index is 0.261. The standard InChI is InChI=1S/C7H5N3O2/c1-4-2-3-5(8-11)7-6(4)9-12-10-7/h2-3H,1H3. The van der Waals surface area contributed by atoms with Gasteiger partial charge in [0, 0.05) is 0 Å². The van der Waals surface area contributed by atoms with Gasteiger partial charge in [-0.05, 0) is 34.0 Å². The number of rotatable bonds is 1. The molecule has 2 aromatic rings. The third-order valence-electron chi connectivity index (χ3n) is 1.69. The van der Waals surface area contributed by atoms with Crippen LogP contribution in [0.1, 0.15) is 5.56 Å². The number of hydrogen-bond donors (Lipinski definition) is 0. The molecule has 0 bridgehead atoms. The first-order chi connectivity index (χ1) is 5.83. The van der Waals surface area contributed by atoms with Crippen molar-refractivity contribution in [1.29, 1.82) is 0 Å². The van der Waals surface area contributed by atoms with Crippen molar-refractivity contribution in [3.63, 3.8) is 0 Å². The third-order valence-corrected chi connectivity index (χ3v) is 1.69. The van der Waals surface area contributed by atoms with Gasteiger partial charge in [-0.2, -0.15) is 0 Å². The first-order valence-corrected chi connectivity index (χ1v) is 3.38. The van der Waals surface area contributed by atoms with Gasteiger partial charge in [-0.15, -0.1) is 4.91 Å². The Morgan fingerprint density at radius 1 is 1.33 bits per heavy atom. The van der Waals surface area contributed by atoms with E-state index < -0.39 is 0 Å². The minimum absolute atomic E-state index is 0.261. The Morgan fingerprint density at radius 3 is 2.83 bits per heavy atom. The summed E-state index contributed by atoms with van der Waals surface area (Å²) in [6.45, 7) is 1.86. The highest BCUT2D eigenvalue weighted by atomic mass is 16.6. The van der Waals surface area contributed by atoms with Crippen LogP contribution in [0.2, 0.25) is 0 Å². The number of aryl methyl sites for hydroxylation is 1. The van der Waals surface area contributed by atoms with Crippen LogP contribution in [0.15, 0.2) is 21.9 Å². The van der Waals surface area contributed by atoms with Crippen molar-refractivity contribution in [2.75, 3.05) is 0 Å². The fourth-order valence-corrected chi connectivity index (χ4v) is 1.05. The van der Waals surface area contributed by atoms with E-state index in [1.807, 2.05) is 6.92 Å². The van der Waals surface area contributed by atoms with Crippen LogP contribution in [-0.2, 0) is 0 Å². The second-order valence-corrected chi connectivity index (χ2v) is 2.45. The van der Waals surface area contributed by atoms with Gasteiger partial charge >= 0.3 is 0 Å². The second-order valence-electron chi connectivity index (χ2n) is 2.45. The van der Waals surface area contributed by atoms with Gasteiger partial charge in [-0.25, -0.2) is 4.63 Å². The zero-order chi connectivity index (χ0) is 8.55. The summed E-state index contributed by atoms with van der Waals surface area (Å²) in [4.78, 5) is 10.3. The molecule has 5 nitrogen and oxygen atoms in total. The monoisotopic (exact) mass is 163 g/mol. The van der Waals surface area contributed by atoms with Gasteiger partial charge < -0.3 is 0 Å². The number of benzene rings is 1. The summed E-state index contributed by atoms with van der Waals surface area (Å²) in [5.41, 5.74) is 2.19. The Labute approximate surface area is 67.3 Å². The summed E-state index contributed by atoms with van der Waals surface area (Å²) < 4.78 is 4.49. The second kappa shape index (κ2) is 2.37. The number of hydrogen-bond acceptors (Lipinski definition) is 5. The zero-order valence-electron chi connectivity index (χ0n) is 6.31. The summed E-state index contributed by atoms with van der Waals surface area (Å²) >= 11 is 0. The minimum Gasteiger partial charge on any atom is -0.243 e. The lowest BCUT2D eigenvalue weighted by molar-refractivity contribution is 0.315. The van der Waals surface area contributed by atoms with Crippen LogP contribution in [-0.4, -0.2) is 10.3 Å². The summed E-state index contributed by atoms with van der Waals surface area (Å²) in [5, 5.41) is 10.0. The van der Waals surface area contributed by atoms with Crippen LogP contribution in [0.25, 0.3) is 11.0 Å². The molecule has 0 saturated heterocycles. The quantitative estimate of drug-likeness (QED) is 0.602. The number of aromatic nitrogens is 2. The van der Waals surface area contributed by atoms with Crippen LogP contribution in [0.5, 0.6) is 0 Å². The number of nitrogens with zero attached hydrogens (tertiary/aromatic N) is 3. The fraction of sp³-hybridized carbons (Fsp3) is 0.143. The van der Waals surface area contributed by atoms with Crippen LogP contribution in [0.3, 0.4) is 0 Å². The summed E-state index contributed by atoms with van der Waals surface area (Å²) in [5.74, 6) is 0. The van der Waals surface area contributed by atoms with E-state index in [1.54, 1.807) is 12.1 Å². The van der Waals surface area contributed by atoms with E-state index in [4.69, 9.17) is 0 Å². The summed E-state index contributed by atoms with van der Waals surface area (Å²) in [6, 6.07) is 3.35. The molecule has 0 N–H and O–H groups in total. The van der Waals surface area contributed by atoms with E-state index in [0.29, 0.717) is 11.0 Å². The number of fused-ring (bicyclic) bond motifs is 1. The Kier molecular flexibility index (Phi) is 1.36. The van der Waals surface area contributed by atoms with E-state index in [0.717, 1.165) is 5.56 Å². The van der Waals surface area contributed by atoms with Crippen molar-refractivity contribution in [2.24, 2.45) is 5.18 Å². The van der Waals surface area contributed by atoms with Gasteiger partial charge in [-0.1, -0.05) is 6.07 Å². The smallest absolute Gasteiger partial charge is 0.164 e. The van der Waals surface area contributed by atoms with Crippen molar-refractivity contribution in [3.8, 4) is 0 Å². The van der Waals surface area contributed by atoms with Gasteiger partial charge in [-0.3, -0.25) is 0 Å². The molecular weight excluding hydrogens is 158 g/mol. The van der Waals surface area contributed by atoms with Gasteiger partial charge in [0.2, 0.25) is 0 Å². The van der Waals surface area contributed by atoms with Crippen LogP contribution >= 0.6 is 0 Å². The first-order valence-electron chi connectivity index (χ1n) is 3.38. The first kappa shape index (κ1) is 6.90. The zero-order valence-corrected chi connectivity index (χ0v) is 6.31. The average molecular weight is 163 g/mol. The molecule has 0 spiro atoms.